The highest BCUT2D eigenvalue weighted by atomic mass is 16.5. The van der Waals surface area contributed by atoms with E-state index in [1.165, 1.54) is 0 Å². The third-order valence-electron chi connectivity index (χ3n) is 2.96. The summed E-state index contributed by atoms with van der Waals surface area (Å²) in [5.41, 5.74) is 0. The van der Waals surface area contributed by atoms with Crippen molar-refractivity contribution in [2.75, 3.05) is 13.2 Å². The molecule has 1 saturated heterocycles. The molecule has 0 spiro atoms. The van der Waals surface area contributed by atoms with E-state index < -0.39 is 6.10 Å². The predicted molar refractivity (Wildman–Crippen MR) is 66.8 cm³/mol. The quantitative estimate of drug-likeness (QED) is 0.777. The number of amides is 1. The van der Waals surface area contributed by atoms with Crippen LogP contribution in [0.25, 0.3) is 0 Å². The van der Waals surface area contributed by atoms with Gasteiger partial charge in [0.15, 0.2) is 0 Å². The third kappa shape index (κ3) is 5.48. The molecule has 1 N–H and O–H groups in total. The molecular formula is C13H22N2O3. The summed E-state index contributed by atoms with van der Waals surface area (Å²) in [5, 5.41) is 11.3. The molecule has 5 nitrogen and oxygen atoms in total. The van der Waals surface area contributed by atoms with Gasteiger partial charge in [0.05, 0.1) is 25.2 Å². The zero-order chi connectivity index (χ0) is 13.4. The first-order valence-corrected chi connectivity index (χ1v) is 6.54. The molecule has 1 fully saturated rings. The van der Waals surface area contributed by atoms with Crippen molar-refractivity contribution in [3.63, 3.8) is 0 Å². The Morgan fingerprint density at radius 3 is 2.94 bits per heavy atom. The molecule has 1 rings (SSSR count). The van der Waals surface area contributed by atoms with Crippen molar-refractivity contribution in [2.45, 2.75) is 57.8 Å². The lowest BCUT2D eigenvalue weighted by Gasteiger charge is -2.24. The van der Waals surface area contributed by atoms with Crippen LogP contribution in [0, 0.1) is 11.3 Å². The van der Waals surface area contributed by atoms with Gasteiger partial charge in [0.2, 0.25) is 5.91 Å². The van der Waals surface area contributed by atoms with Gasteiger partial charge in [0.1, 0.15) is 6.10 Å². The smallest absolute Gasteiger partial charge is 0.249 e. The maximum atomic E-state index is 11.7. The maximum Gasteiger partial charge on any atom is 0.249 e. The van der Waals surface area contributed by atoms with E-state index in [4.69, 9.17) is 14.7 Å². The van der Waals surface area contributed by atoms with Crippen LogP contribution in [-0.2, 0) is 14.3 Å². The van der Waals surface area contributed by atoms with Crippen LogP contribution in [0.1, 0.15) is 39.5 Å². The average molecular weight is 254 g/mol. The first-order chi connectivity index (χ1) is 8.63. The minimum atomic E-state index is -0.503. The number of nitrogens with zero attached hydrogens (tertiary/aromatic N) is 1. The van der Waals surface area contributed by atoms with Crippen molar-refractivity contribution in [1.82, 2.24) is 5.32 Å². The molecule has 0 aromatic heterocycles. The van der Waals surface area contributed by atoms with E-state index >= 15 is 0 Å². The molecule has 0 aliphatic carbocycles. The third-order valence-corrected chi connectivity index (χ3v) is 2.96. The van der Waals surface area contributed by atoms with E-state index in [-0.39, 0.29) is 18.1 Å². The lowest BCUT2D eigenvalue weighted by molar-refractivity contribution is -0.136. The van der Waals surface area contributed by atoms with Crippen LogP contribution in [0.4, 0.5) is 0 Å². The Balaban J connectivity index is 2.20. The van der Waals surface area contributed by atoms with Gasteiger partial charge in [-0.05, 0) is 33.1 Å². The summed E-state index contributed by atoms with van der Waals surface area (Å²) < 4.78 is 11.0. The molecule has 0 aromatic carbocycles. The molecule has 1 heterocycles. The van der Waals surface area contributed by atoms with E-state index in [9.17, 15) is 4.79 Å². The molecule has 0 radical (unpaired) electrons. The molecule has 1 aliphatic heterocycles. The largest absolute Gasteiger partial charge is 0.376 e. The van der Waals surface area contributed by atoms with Crippen molar-refractivity contribution in [2.24, 2.45) is 0 Å². The van der Waals surface area contributed by atoms with Gasteiger partial charge in [-0.1, -0.05) is 0 Å². The van der Waals surface area contributed by atoms with Crippen LogP contribution >= 0.6 is 0 Å². The SMILES string of the molecule is CC(CC#N)NC(=O)C(C)OCC1CCCCO1. The van der Waals surface area contributed by atoms with Crippen LogP contribution < -0.4 is 5.32 Å². The van der Waals surface area contributed by atoms with Gasteiger partial charge in [0.25, 0.3) is 0 Å². The summed E-state index contributed by atoms with van der Waals surface area (Å²) in [5.74, 6) is -0.173. The molecule has 0 aromatic rings. The Morgan fingerprint density at radius 2 is 2.33 bits per heavy atom. The molecule has 0 saturated carbocycles. The Kier molecular flexibility index (Phi) is 6.69. The second-order valence-corrected chi connectivity index (χ2v) is 4.74. The standard InChI is InChI=1S/C13H22N2O3/c1-10(6-7-14)15-13(16)11(2)18-9-12-5-3-4-8-17-12/h10-12H,3-6,8-9H2,1-2H3,(H,15,16). The van der Waals surface area contributed by atoms with Gasteiger partial charge in [-0.2, -0.15) is 5.26 Å². The summed E-state index contributed by atoms with van der Waals surface area (Å²) in [4.78, 5) is 11.7. The van der Waals surface area contributed by atoms with Gasteiger partial charge in [-0.25, -0.2) is 0 Å². The Bertz CT molecular complexity index is 295. The van der Waals surface area contributed by atoms with Gasteiger partial charge < -0.3 is 14.8 Å². The minimum absolute atomic E-state index is 0.116. The Morgan fingerprint density at radius 1 is 1.56 bits per heavy atom. The molecule has 102 valence electrons. The number of nitrogens with one attached hydrogen (secondary N) is 1. The van der Waals surface area contributed by atoms with E-state index in [0.717, 1.165) is 25.9 Å². The van der Waals surface area contributed by atoms with Crippen molar-refractivity contribution in [3.8, 4) is 6.07 Å². The fourth-order valence-electron chi connectivity index (χ4n) is 1.81. The highest BCUT2D eigenvalue weighted by molar-refractivity contribution is 5.80. The number of hydrogen-bond acceptors (Lipinski definition) is 4. The molecule has 3 atom stereocenters. The highest BCUT2D eigenvalue weighted by Crippen LogP contribution is 2.13. The second-order valence-electron chi connectivity index (χ2n) is 4.74. The topological polar surface area (TPSA) is 71.4 Å². The number of ether oxygens (including phenoxy) is 2. The molecule has 3 unspecified atom stereocenters. The second kappa shape index (κ2) is 8.06. The summed E-state index contributed by atoms with van der Waals surface area (Å²) in [6, 6.07) is 1.88. The molecular weight excluding hydrogens is 232 g/mol. The summed E-state index contributed by atoms with van der Waals surface area (Å²) in [6.45, 7) is 4.77. The zero-order valence-electron chi connectivity index (χ0n) is 11.1. The number of hydrogen-bond donors (Lipinski definition) is 1. The zero-order valence-corrected chi connectivity index (χ0v) is 11.1. The van der Waals surface area contributed by atoms with Crippen LogP contribution in [0.15, 0.2) is 0 Å². The fourth-order valence-corrected chi connectivity index (χ4v) is 1.81. The van der Waals surface area contributed by atoms with Crippen LogP contribution in [0.5, 0.6) is 0 Å². The van der Waals surface area contributed by atoms with Crippen LogP contribution in [0.2, 0.25) is 0 Å². The molecule has 1 aliphatic rings. The van der Waals surface area contributed by atoms with Crippen LogP contribution in [0.3, 0.4) is 0 Å². The van der Waals surface area contributed by atoms with Gasteiger partial charge in [-0.15, -0.1) is 0 Å². The van der Waals surface area contributed by atoms with Crippen molar-refractivity contribution in [1.29, 1.82) is 5.26 Å². The number of nitriles is 1. The summed E-state index contributed by atoms with van der Waals surface area (Å²) in [7, 11) is 0. The fraction of sp³-hybridized carbons (Fsp3) is 0.846. The van der Waals surface area contributed by atoms with Crippen molar-refractivity contribution >= 4 is 5.91 Å². The molecule has 5 heteroatoms. The first-order valence-electron chi connectivity index (χ1n) is 6.54. The lowest BCUT2D eigenvalue weighted by Crippen LogP contribution is -2.41. The van der Waals surface area contributed by atoms with Crippen LogP contribution in [-0.4, -0.2) is 37.4 Å². The lowest BCUT2D eigenvalue weighted by atomic mass is 10.1. The van der Waals surface area contributed by atoms with E-state index in [1.54, 1.807) is 13.8 Å². The van der Waals surface area contributed by atoms with Gasteiger partial charge in [0, 0.05) is 12.6 Å². The average Bonchev–Trinajstić information content (AvgIpc) is 2.37. The normalized spacial score (nSPS) is 22.8. The van der Waals surface area contributed by atoms with Gasteiger partial charge >= 0.3 is 0 Å². The van der Waals surface area contributed by atoms with Crippen molar-refractivity contribution in [3.05, 3.63) is 0 Å². The monoisotopic (exact) mass is 254 g/mol. The minimum Gasteiger partial charge on any atom is -0.376 e. The number of carbonyl (C=O) groups excluding carboxylic acids is 1. The molecule has 1 amide bonds. The summed E-state index contributed by atoms with van der Waals surface area (Å²) >= 11 is 0. The van der Waals surface area contributed by atoms with E-state index in [0.29, 0.717) is 13.0 Å². The molecule has 0 bridgehead atoms. The number of rotatable bonds is 6. The van der Waals surface area contributed by atoms with E-state index in [2.05, 4.69) is 5.32 Å². The number of carbonyl (C=O) groups is 1. The summed E-state index contributed by atoms with van der Waals surface area (Å²) in [6.07, 6.45) is 3.19. The Labute approximate surface area is 108 Å². The van der Waals surface area contributed by atoms with Crippen molar-refractivity contribution < 1.29 is 14.3 Å². The van der Waals surface area contributed by atoms with E-state index in [1.807, 2.05) is 6.07 Å². The van der Waals surface area contributed by atoms with Gasteiger partial charge in [-0.3, -0.25) is 4.79 Å². The molecule has 18 heavy (non-hydrogen) atoms. The maximum absolute atomic E-state index is 11.7. The highest BCUT2D eigenvalue weighted by Gasteiger charge is 2.19. The first kappa shape index (κ1) is 14.9. The Hall–Kier alpha value is -1.12. The predicted octanol–water partition coefficient (Wildman–Crippen LogP) is 1.38.